The van der Waals surface area contributed by atoms with Crippen LogP contribution in [0.5, 0.6) is 0 Å². The second-order valence-electron chi connectivity index (χ2n) is 7.80. The first-order chi connectivity index (χ1) is 12.7. The molecule has 0 saturated heterocycles. The van der Waals surface area contributed by atoms with Crippen LogP contribution in [0.15, 0.2) is 42.0 Å². The zero-order valence-corrected chi connectivity index (χ0v) is 16.5. The van der Waals surface area contributed by atoms with Crippen LogP contribution in [-0.2, 0) is 4.79 Å². The van der Waals surface area contributed by atoms with E-state index < -0.39 is 0 Å². The van der Waals surface area contributed by atoms with Gasteiger partial charge in [-0.05, 0) is 72.9 Å². The molecule has 1 unspecified atom stereocenters. The van der Waals surface area contributed by atoms with Gasteiger partial charge < -0.3 is 4.90 Å². The van der Waals surface area contributed by atoms with Gasteiger partial charge in [-0.1, -0.05) is 44.9 Å². The third-order valence-corrected chi connectivity index (χ3v) is 5.81. The third-order valence-electron chi connectivity index (χ3n) is 5.81. The summed E-state index contributed by atoms with van der Waals surface area (Å²) in [4.78, 5) is 14.3. The highest BCUT2D eigenvalue weighted by atomic mass is 16.1. The van der Waals surface area contributed by atoms with Crippen molar-refractivity contribution in [2.45, 2.75) is 65.2 Å². The predicted molar refractivity (Wildman–Crippen MR) is 111 cm³/mol. The zero-order chi connectivity index (χ0) is 18.4. The molecule has 140 valence electrons. The number of rotatable bonds is 8. The summed E-state index contributed by atoms with van der Waals surface area (Å²) in [6, 6.07) is 9.12. The molecule has 0 amide bonds. The Labute approximate surface area is 159 Å². The van der Waals surface area contributed by atoms with E-state index in [1.54, 1.807) is 0 Å². The standard InChI is InChI=1S/C24H33NO/c1-3-5-15-25(16-6-4-2)23-12-9-19(10-13-23)21-8-7-20-11-14-24(26)18-22(20)17-21/h9-10,12-13,17-18,20H,3-8,11,14-16H2,1-2H3. The molecule has 0 spiro atoms. The van der Waals surface area contributed by atoms with Crippen LogP contribution in [0.3, 0.4) is 0 Å². The lowest BCUT2D eigenvalue weighted by molar-refractivity contribution is -0.115. The molecule has 1 atom stereocenters. The minimum atomic E-state index is 0.298. The largest absolute Gasteiger partial charge is 0.372 e. The average molecular weight is 352 g/mol. The first-order valence-electron chi connectivity index (χ1n) is 10.5. The second kappa shape index (κ2) is 9.21. The lowest BCUT2D eigenvalue weighted by Gasteiger charge is -2.28. The van der Waals surface area contributed by atoms with Crippen molar-refractivity contribution in [2.24, 2.45) is 5.92 Å². The molecule has 0 fully saturated rings. The molecule has 0 aromatic heterocycles. The Morgan fingerprint density at radius 3 is 2.23 bits per heavy atom. The molecular formula is C24H33NO. The van der Waals surface area contributed by atoms with Crippen molar-refractivity contribution in [1.29, 1.82) is 0 Å². The number of carbonyl (C=O) groups excluding carboxylic acids is 1. The number of ketones is 1. The molecule has 0 heterocycles. The molecule has 1 aromatic carbocycles. The van der Waals surface area contributed by atoms with E-state index >= 15 is 0 Å². The Hall–Kier alpha value is -1.83. The predicted octanol–water partition coefficient (Wildman–Crippen LogP) is 6.18. The number of hydrogen-bond donors (Lipinski definition) is 0. The summed E-state index contributed by atoms with van der Waals surface area (Å²) in [5.41, 5.74) is 5.32. The van der Waals surface area contributed by atoms with Gasteiger partial charge in [0.2, 0.25) is 0 Å². The summed E-state index contributed by atoms with van der Waals surface area (Å²) in [5, 5.41) is 0. The summed E-state index contributed by atoms with van der Waals surface area (Å²) in [7, 11) is 0. The van der Waals surface area contributed by atoms with Crippen molar-refractivity contribution in [3.05, 3.63) is 47.6 Å². The fourth-order valence-corrected chi connectivity index (χ4v) is 4.11. The summed E-state index contributed by atoms with van der Waals surface area (Å²) < 4.78 is 0. The maximum absolute atomic E-state index is 11.7. The van der Waals surface area contributed by atoms with Gasteiger partial charge in [-0.2, -0.15) is 0 Å². The molecule has 2 aliphatic carbocycles. The molecule has 3 rings (SSSR count). The number of benzene rings is 1. The van der Waals surface area contributed by atoms with Gasteiger partial charge in [-0.25, -0.2) is 0 Å². The molecule has 0 saturated carbocycles. The Bertz CT molecular complexity index is 660. The van der Waals surface area contributed by atoms with Crippen molar-refractivity contribution in [3.8, 4) is 0 Å². The Morgan fingerprint density at radius 2 is 1.58 bits per heavy atom. The van der Waals surface area contributed by atoms with Gasteiger partial charge in [0.05, 0.1) is 0 Å². The van der Waals surface area contributed by atoms with Crippen LogP contribution in [-0.4, -0.2) is 18.9 Å². The van der Waals surface area contributed by atoms with E-state index in [2.05, 4.69) is 49.1 Å². The number of fused-ring (bicyclic) bond motifs is 1. The topological polar surface area (TPSA) is 20.3 Å². The number of hydrogen-bond acceptors (Lipinski definition) is 2. The van der Waals surface area contributed by atoms with Gasteiger partial charge in [0.1, 0.15) is 0 Å². The van der Waals surface area contributed by atoms with E-state index in [1.165, 1.54) is 54.5 Å². The maximum atomic E-state index is 11.7. The van der Waals surface area contributed by atoms with Crippen LogP contribution in [0, 0.1) is 5.92 Å². The fourth-order valence-electron chi connectivity index (χ4n) is 4.11. The van der Waals surface area contributed by atoms with Crippen LogP contribution in [0.4, 0.5) is 5.69 Å². The zero-order valence-electron chi connectivity index (χ0n) is 16.5. The lowest BCUT2D eigenvalue weighted by Crippen LogP contribution is -2.25. The molecule has 0 radical (unpaired) electrons. The molecule has 0 aliphatic heterocycles. The van der Waals surface area contributed by atoms with Crippen molar-refractivity contribution >= 4 is 17.0 Å². The van der Waals surface area contributed by atoms with E-state index in [0.717, 1.165) is 32.4 Å². The highest BCUT2D eigenvalue weighted by Gasteiger charge is 2.24. The summed E-state index contributed by atoms with van der Waals surface area (Å²) >= 11 is 0. The lowest BCUT2D eigenvalue weighted by atomic mass is 9.77. The molecule has 0 N–H and O–H groups in total. The molecule has 1 aromatic rings. The first kappa shape index (κ1) is 18.9. The Balaban J connectivity index is 1.75. The number of carbonyl (C=O) groups is 1. The number of nitrogens with zero attached hydrogens (tertiary/aromatic N) is 1. The van der Waals surface area contributed by atoms with Crippen LogP contribution in [0.25, 0.3) is 5.57 Å². The van der Waals surface area contributed by atoms with Crippen LogP contribution in [0.2, 0.25) is 0 Å². The highest BCUT2D eigenvalue weighted by Crippen LogP contribution is 2.38. The molecule has 2 aliphatic rings. The van der Waals surface area contributed by atoms with Crippen molar-refractivity contribution < 1.29 is 4.79 Å². The molecule has 2 heteroatoms. The minimum absolute atomic E-state index is 0.298. The SMILES string of the molecule is CCCCN(CCCC)c1ccc(C2=CC3=CC(=O)CCC3CC2)cc1. The van der Waals surface area contributed by atoms with E-state index in [-0.39, 0.29) is 0 Å². The van der Waals surface area contributed by atoms with E-state index in [4.69, 9.17) is 0 Å². The summed E-state index contributed by atoms with van der Waals surface area (Å²) in [6.45, 7) is 6.81. The van der Waals surface area contributed by atoms with Crippen LogP contribution in [0.1, 0.15) is 70.8 Å². The Morgan fingerprint density at radius 1 is 0.923 bits per heavy atom. The molecule has 2 nitrogen and oxygen atoms in total. The van der Waals surface area contributed by atoms with Gasteiger partial charge >= 0.3 is 0 Å². The van der Waals surface area contributed by atoms with Crippen LogP contribution < -0.4 is 4.90 Å². The number of unbranched alkanes of at least 4 members (excludes halogenated alkanes) is 2. The monoisotopic (exact) mass is 351 g/mol. The van der Waals surface area contributed by atoms with E-state index in [9.17, 15) is 4.79 Å². The van der Waals surface area contributed by atoms with Gasteiger partial charge in [-0.15, -0.1) is 0 Å². The summed E-state index contributed by atoms with van der Waals surface area (Å²) in [5.74, 6) is 0.904. The van der Waals surface area contributed by atoms with Gasteiger partial charge in [0.15, 0.2) is 5.78 Å². The highest BCUT2D eigenvalue weighted by molar-refractivity contribution is 5.92. The van der Waals surface area contributed by atoms with Crippen molar-refractivity contribution in [3.63, 3.8) is 0 Å². The third kappa shape index (κ3) is 4.66. The van der Waals surface area contributed by atoms with Crippen molar-refractivity contribution in [2.75, 3.05) is 18.0 Å². The van der Waals surface area contributed by atoms with Crippen LogP contribution >= 0.6 is 0 Å². The maximum Gasteiger partial charge on any atom is 0.155 e. The summed E-state index contributed by atoms with van der Waals surface area (Å²) in [6.07, 6.45) is 13.2. The van der Waals surface area contributed by atoms with E-state index in [1.807, 2.05) is 6.08 Å². The smallest absolute Gasteiger partial charge is 0.155 e. The molecule has 26 heavy (non-hydrogen) atoms. The number of anilines is 1. The normalized spacial score (nSPS) is 19.6. The second-order valence-corrected chi connectivity index (χ2v) is 7.80. The Kier molecular flexibility index (Phi) is 6.71. The van der Waals surface area contributed by atoms with Gasteiger partial charge in [-0.3, -0.25) is 4.79 Å². The van der Waals surface area contributed by atoms with E-state index in [0.29, 0.717) is 11.7 Å². The van der Waals surface area contributed by atoms with Gasteiger partial charge in [0.25, 0.3) is 0 Å². The minimum Gasteiger partial charge on any atom is -0.372 e. The first-order valence-corrected chi connectivity index (χ1v) is 10.5. The molecule has 0 bridgehead atoms. The molecular weight excluding hydrogens is 318 g/mol. The number of allylic oxidation sites excluding steroid dienone is 4. The van der Waals surface area contributed by atoms with Gasteiger partial charge in [0, 0.05) is 25.2 Å². The fraction of sp³-hybridized carbons (Fsp3) is 0.542. The average Bonchev–Trinajstić information content (AvgIpc) is 2.68. The quantitative estimate of drug-likeness (QED) is 0.557. The van der Waals surface area contributed by atoms with Crippen molar-refractivity contribution in [1.82, 2.24) is 0 Å².